The molecule has 0 spiro atoms. The van der Waals surface area contributed by atoms with Crippen molar-refractivity contribution in [3.63, 3.8) is 0 Å². The van der Waals surface area contributed by atoms with Crippen molar-refractivity contribution in [3.05, 3.63) is 106 Å². The molecule has 0 saturated carbocycles. The van der Waals surface area contributed by atoms with Crippen molar-refractivity contribution < 1.29 is 14.3 Å². The van der Waals surface area contributed by atoms with Crippen LogP contribution in [0.5, 0.6) is 5.75 Å². The maximum atomic E-state index is 13.5. The van der Waals surface area contributed by atoms with E-state index in [0.717, 1.165) is 57.8 Å². The van der Waals surface area contributed by atoms with Gasteiger partial charge < -0.3 is 4.74 Å². The van der Waals surface area contributed by atoms with E-state index < -0.39 is 0 Å². The first-order valence-electron chi connectivity index (χ1n) is 12.3. The van der Waals surface area contributed by atoms with Gasteiger partial charge in [0.2, 0.25) is 5.91 Å². The summed E-state index contributed by atoms with van der Waals surface area (Å²) < 4.78 is 5.98. The van der Waals surface area contributed by atoms with Crippen LogP contribution in [-0.4, -0.2) is 11.7 Å². The number of carbonyl (C=O) groups is 2. The number of hydrogen-bond acceptors (Lipinski definition) is 3. The molecule has 5 rings (SSSR count). The van der Waals surface area contributed by atoms with Crippen molar-refractivity contribution in [1.29, 1.82) is 0 Å². The van der Waals surface area contributed by atoms with Gasteiger partial charge >= 0.3 is 0 Å². The molecule has 1 unspecified atom stereocenters. The van der Waals surface area contributed by atoms with Crippen LogP contribution in [0.25, 0.3) is 0 Å². The highest BCUT2D eigenvalue weighted by Crippen LogP contribution is 2.43. The molecule has 1 heterocycles. The molecule has 4 nitrogen and oxygen atoms in total. The van der Waals surface area contributed by atoms with Crippen LogP contribution in [0.15, 0.2) is 78.0 Å². The van der Waals surface area contributed by atoms with Gasteiger partial charge in [0, 0.05) is 35.7 Å². The normalized spacial score (nSPS) is 18.0. The molecule has 1 aliphatic heterocycles. The molecule has 0 saturated heterocycles. The number of allylic oxidation sites excluding steroid dienone is 2. The minimum atomic E-state index is -0.210. The van der Waals surface area contributed by atoms with E-state index in [2.05, 4.69) is 31.2 Å². The summed E-state index contributed by atoms with van der Waals surface area (Å²) in [5.74, 6) is 0.780. The highest BCUT2D eigenvalue weighted by Gasteiger charge is 2.39. The largest absolute Gasteiger partial charge is 0.489 e. The lowest BCUT2D eigenvalue weighted by Gasteiger charge is -2.38. The standard InChI is InChI=1S/C31H31NO3/c1-20-6-4-7-23(15-20)19-35-26-12-10-24(11-13-26)27-18-30(34)32(25-16-21(2)14-22(3)17-25)28-8-5-9-29(33)31(27)28/h4,6-7,10-17,27H,5,8-9,18-19H2,1-3H3. The molecule has 178 valence electrons. The summed E-state index contributed by atoms with van der Waals surface area (Å²) >= 11 is 0. The average Bonchev–Trinajstić information content (AvgIpc) is 2.82. The Bertz CT molecular complexity index is 1300. The SMILES string of the molecule is Cc1cccc(COc2ccc(C3CC(=O)N(c4cc(C)cc(C)c4)C4=C3C(=O)CCC4)cc2)c1. The zero-order chi connectivity index (χ0) is 24.5. The smallest absolute Gasteiger partial charge is 0.232 e. The molecular weight excluding hydrogens is 434 g/mol. The second kappa shape index (κ2) is 9.53. The van der Waals surface area contributed by atoms with Crippen LogP contribution in [0.2, 0.25) is 0 Å². The van der Waals surface area contributed by atoms with Crippen LogP contribution in [-0.2, 0) is 16.2 Å². The number of carbonyl (C=O) groups excluding carboxylic acids is 2. The number of rotatable bonds is 5. The van der Waals surface area contributed by atoms with Crippen molar-refractivity contribution in [2.24, 2.45) is 0 Å². The van der Waals surface area contributed by atoms with Crippen LogP contribution in [0, 0.1) is 20.8 Å². The van der Waals surface area contributed by atoms with E-state index in [1.165, 1.54) is 5.56 Å². The highest BCUT2D eigenvalue weighted by molar-refractivity contribution is 6.07. The number of nitrogens with zero attached hydrogens (tertiary/aromatic N) is 1. The molecule has 4 heteroatoms. The fourth-order valence-corrected chi connectivity index (χ4v) is 5.42. The molecular formula is C31H31NO3. The quantitative estimate of drug-likeness (QED) is 0.420. The first-order valence-corrected chi connectivity index (χ1v) is 12.3. The topological polar surface area (TPSA) is 46.6 Å². The van der Waals surface area contributed by atoms with Gasteiger partial charge in [0.1, 0.15) is 12.4 Å². The van der Waals surface area contributed by atoms with Gasteiger partial charge in [-0.05, 0) is 80.1 Å². The molecule has 0 bridgehead atoms. The summed E-state index contributed by atoms with van der Waals surface area (Å²) in [4.78, 5) is 28.4. The van der Waals surface area contributed by atoms with E-state index in [9.17, 15) is 9.59 Å². The number of ketones is 1. The third kappa shape index (κ3) is 4.79. The molecule has 35 heavy (non-hydrogen) atoms. The zero-order valence-electron chi connectivity index (χ0n) is 20.6. The van der Waals surface area contributed by atoms with Gasteiger partial charge in [-0.3, -0.25) is 14.5 Å². The van der Waals surface area contributed by atoms with Crippen molar-refractivity contribution in [2.75, 3.05) is 4.90 Å². The minimum absolute atomic E-state index is 0.0493. The Morgan fingerprint density at radius 1 is 0.857 bits per heavy atom. The predicted octanol–water partition coefficient (Wildman–Crippen LogP) is 6.72. The Kier molecular flexibility index (Phi) is 6.29. The van der Waals surface area contributed by atoms with Crippen molar-refractivity contribution in [1.82, 2.24) is 0 Å². The van der Waals surface area contributed by atoms with E-state index in [1.54, 1.807) is 0 Å². The fraction of sp³-hybridized carbons (Fsp3) is 0.290. The molecule has 0 aromatic heterocycles. The summed E-state index contributed by atoms with van der Waals surface area (Å²) in [6.45, 7) is 6.65. The third-order valence-electron chi connectivity index (χ3n) is 6.91. The molecule has 2 aliphatic rings. The molecule has 0 N–H and O–H groups in total. The van der Waals surface area contributed by atoms with E-state index >= 15 is 0 Å². The lowest BCUT2D eigenvalue weighted by Crippen LogP contribution is -2.40. The summed E-state index contributed by atoms with van der Waals surface area (Å²) in [7, 11) is 0. The van der Waals surface area contributed by atoms with Gasteiger partial charge in [0.15, 0.2) is 5.78 Å². The molecule has 1 atom stereocenters. The molecule has 0 fully saturated rings. The van der Waals surface area contributed by atoms with Gasteiger partial charge in [-0.25, -0.2) is 0 Å². The molecule has 1 amide bonds. The van der Waals surface area contributed by atoms with Crippen molar-refractivity contribution >= 4 is 17.4 Å². The summed E-state index contributed by atoms with van der Waals surface area (Å²) in [5, 5.41) is 0. The van der Waals surface area contributed by atoms with Crippen LogP contribution >= 0.6 is 0 Å². The van der Waals surface area contributed by atoms with Gasteiger partial charge in [0.25, 0.3) is 0 Å². The lowest BCUT2D eigenvalue weighted by molar-refractivity contribution is -0.119. The summed E-state index contributed by atoms with van der Waals surface area (Å²) in [5.41, 5.74) is 8.11. The first-order chi connectivity index (χ1) is 16.9. The zero-order valence-corrected chi connectivity index (χ0v) is 20.6. The number of aryl methyl sites for hydroxylation is 3. The summed E-state index contributed by atoms with van der Waals surface area (Å²) in [6, 6.07) is 22.3. The van der Waals surface area contributed by atoms with E-state index in [-0.39, 0.29) is 17.6 Å². The number of benzene rings is 3. The second-order valence-electron chi connectivity index (χ2n) is 9.82. The Balaban J connectivity index is 1.44. The van der Waals surface area contributed by atoms with Gasteiger partial charge in [-0.1, -0.05) is 48.0 Å². The summed E-state index contributed by atoms with van der Waals surface area (Å²) in [6.07, 6.45) is 2.36. The molecule has 1 aliphatic carbocycles. The first kappa shape index (κ1) is 23.1. The minimum Gasteiger partial charge on any atom is -0.489 e. The van der Waals surface area contributed by atoms with Crippen LogP contribution in [0.1, 0.15) is 59.4 Å². The molecule has 3 aromatic carbocycles. The predicted molar refractivity (Wildman–Crippen MR) is 139 cm³/mol. The van der Waals surface area contributed by atoms with E-state index in [4.69, 9.17) is 4.74 Å². The Morgan fingerprint density at radius 3 is 2.31 bits per heavy atom. The number of Topliss-reactive ketones (excluding diaryl/α,β-unsaturated/α-hetero) is 1. The van der Waals surface area contributed by atoms with E-state index in [1.807, 2.05) is 61.2 Å². The van der Waals surface area contributed by atoms with Gasteiger partial charge in [0.05, 0.1) is 0 Å². The van der Waals surface area contributed by atoms with Crippen LogP contribution in [0.3, 0.4) is 0 Å². The number of anilines is 1. The molecule has 3 aromatic rings. The third-order valence-corrected chi connectivity index (χ3v) is 6.91. The van der Waals surface area contributed by atoms with Crippen molar-refractivity contribution in [2.45, 2.75) is 59.0 Å². The average molecular weight is 466 g/mol. The number of amides is 1. The van der Waals surface area contributed by atoms with Crippen LogP contribution in [0.4, 0.5) is 5.69 Å². The fourth-order valence-electron chi connectivity index (χ4n) is 5.42. The monoisotopic (exact) mass is 465 g/mol. The lowest BCUT2D eigenvalue weighted by atomic mass is 9.77. The number of ether oxygens (including phenoxy) is 1. The second-order valence-corrected chi connectivity index (χ2v) is 9.82. The van der Waals surface area contributed by atoms with Crippen LogP contribution < -0.4 is 9.64 Å². The Morgan fingerprint density at radius 2 is 1.60 bits per heavy atom. The van der Waals surface area contributed by atoms with Gasteiger partial charge in [-0.2, -0.15) is 0 Å². The maximum Gasteiger partial charge on any atom is 0.232 e. The van der Waals surface area contributed by atoms with E-state index in [0.29, 0.717) is 19.4 Å². The van der Waals surface area contributed by atoms with Gasteiger partial charge in [-0.15, -0.1) is 0 Å². The molecule has 0 radical (unpaired) electrons. The highest BCUT2D eigenvalue weighted by atomic mass is 16.5. The maximum absolute atomic E-state index is 13.5. The Hall–Kier alpha value is -3.66. The Labute approximate surface area is 207 Å². The number of hydrogen-bond donors (Lipinski definition) is 0. The van der Waals surface area contributed by atoms with Crippen molar-refractivity contribution in [3.8, 4) is 5.75 Å².